The quantitative estimate of drug-likeness (QED) is 0.597. The van der Waals surface area contributed by atoms with Crippen LogP contribution < -0.4 is 15.0 Å². The van der Waals surface area contributed by atoms with Gasteiger partial charge in [-0.2, -0.15) is 15.0 Å². The van der Waals surface area contributed by atoms with Gasteiger partial charge in [-0.3, -0.25) is 0 Å². The number of nitrogens with one attached hydrogen (secondary N) is 1. The maximum absolute atomic E-state index is 11.4. The van der Waals surface area contributed by atoms with Crippen LogP contribution in [0.5, 0.6) is 11.8 Å². The summed E-state index contributed by atoms with van der Waals surface area (Å²) in [4.78, 5) is 25.8. The van der Waals surface area contributed by atoms with Gasteiger partial charge < -0.3 is 24.4 Å². The molecule has 0 radical (unpaired) electrons. The van der Waals surface area contributed by atoms with Crippen molar-refractivity contribution in [2.75, 3.05) is 45.3 Å². The van der Waals surface area contributed by atoms with E-state index >= 15 is 0 Å². The van der Waals surface area contributed by atoms with Crippen molar-refractivity contribution in [2.24, 2.45) is 0 Å². The van der Waals surface area contributed by atoms with Gasteiger partial charge in [0.25, 0.3) is 0 Å². The number of carbonyl (C=O) groups excluding carboxylic acids is 1. The summed E-state index contributed by atoms with van der Waals surface area (Å²) >= 11 is 0. The minimum Gasteiger partial charge on any atom is -0.465 e. The normalized spacial score (nSPS) is 10.2. The zero-order valence-electron chi connectivity index (χ0n) is 13.9. The van der Waals surface area contributed by atoms with Gasteiger partial charge in [0.2, 0.25) is 11.9 Å². The smallest absolute Gasteiger partial charge is 0.337 e. The second kappa shape index (κ2) is 8.06. The first-order valence-electron chi connectivity index (χ1n) is 7.06. The molecule has 0 bridgehead atoms. The highest BCUT2D eigenvalue weighted by atomic mass is 16.5. The Kier molecular flexibility index (Phi) is 5.85. The summed E-state index contributed by atoms with van der Waals surface area (Å²) in [5.41, 5.74) is 0.428. The Morgan fingerprint density at radius 2 is 1.83 bits per heavy atom. The van der Waals surface area contributed by atoms with Gasteiger partial charge in [-0.25, -0.2) is 4.79 Å². The minimum atomic E-state index is -0.414. The van der Waals surface area contributed by atoms with E-state index < -0.39 is 5.97 Å². The molecule has 0 spiro atoms. The fraction of sp³-hybridized carbons (Fsp3) is 0.333. The molecule has 0 amide bonds. The van der Waals surface area contributed by atoms with Crippen molar-refractivity contribution >= 4 is 17.9 Å². The zero-order valence-corrected chi connectivity index (χ0v) is 13.9. The molecule has 9 nitrogen and oxygen atoms in total. The van der Waals surface area contributed by atoms with Gasteiger partial charge in [0.05, 0.1) is 12.7 Å². The van der Waals surface area contributed by atoms with E-state index in [9.17, 15) is 4.79 Å². The Bertz CT molecular complexity index is 691. The number of esters is 1. The van der Waals surface area contributed by atoms with Crippen LogP contribution in [0, 0.1) is 0 Å². The molecule has 2 aromatic rings. The van der Waals surface area contributed by atoms with Crippen molar-refractivity contribution < 1.29 is 19.0 Å². The lowest BCUT2D eigenvalue weighted by Gasteiger charge is -2.13. The van der Waals surface area contributed by atoms with Crippen LogP contribution in [0.2, 0.25) is 0 Å². The summed E-state index contributed by atoms with van der Waals surface area (Å²) in [7, 11) is 6.50. The molecule has 0 aliphatic rings. The van der Waals surface area contributed by atoms with Crippen molar-refractivity contribution in [3.8, 4) is 11.8 Å². The van der Waals surface area contributed by atoms with Crippen LogP contribution >= 0.6 is 0 Å². The fourth-order valence-corrected chi connectivity index (χ4v) is 1.69. The van der Waals surface area contributed by atoms with Crippen LogP contribution in [0.4, 0.5) is 11.9 Å². The Morgan fingerprint density at radius 1 is 1.12 bits per heavy atom. The molecule has 0 unspecified atom stereocenters. The van der Waals surface area contributed by atoms with Crippen molar-refractivity contribution in [3.05, 3.63) is 29.8 Å². The van der Waals surface area contributed by atoms with Gasteiger partial charge in [-0.15, -0.1) is 0 Å². The summed E-state index contributed by atoms with van der Waals surface area (Å²) in [5, 5.41) is 2.90. The van der Waals surface area contributed by atoms with Crippen LogP contribution in [0.15, 0.2) is 24.3 Å². The number of carbonyl (C=O) groups is 1. The summed E-state index contributed by atoms with van der Waals surface area (Å²) < 4.78 is 15.2. The number of benzene rings is 1. The Morgan fingerprint density at radius 3 is 2.42 bits per heavy atom. The highest BCUT2D eigenvalue weighted by Gasteiger charge is 2.11. The van der Waals surface area contributed by atoms with Gasteiger partial charge in [0.15, 0.2) is 0 Å². The summed E-state index contributed by atoms with van der Waals surface area (Å²) in [6.07, 6.45) is 0. The third-order valence-corrected chi connectivity index (χ3v) is 2.86. The van der Waals surface area contributed by atoms with E-state index in [2.05, 4.69) is 25.0 Å². The average Bonchev–Trinajstić information content (AvgIpc) is 2.59. The second-order valence-corrected chi connectivity index (χ2v) is 4.86. The third kappa shape index (κ3) is 4.53. The van der Waals surface area contributed by atoms with Crippen LogP contribution in [0.3, 0.4) is 0 Å². The summed E-state index contributed by atoms with van der Waals surface area (Å²) in [5.74, 6) is 0.834. The lowest BCUT2D eigenvalue weighted by Crippen LogP contribution is -2.16. The van der Waals surface area contributed by atoms with E-state index in [1.54, 1.807) is 36.3 Å². The first-order valence-corrected chi connectivity index (χ1v) is 7.06. The molecule has 0 aliphatic carbocycles. The molecule has 2 rings (SSSR count). The molecule has 24 heavy (non-hydrogen) atoms. The molecule has 1 heterocycles. The lowest BCUT2D eigenvalue weighted by atomic mass is 10.2. The molecule has 1 aromatic heterocycles. The molecular weight excluding hydrogens is 314 g/mol. The SMILES string of the molecule is COCNc1nc(Oc2ccc(C(=O)OC)cc2)nc(N(C)C)n1. The topological polar surface area (TPSA) is 98.7 Å². The van der Waals surface area contributed by atoms with E-state index in [0.29, 0.717) is 23.2 Å². The molecular formula is C15H19N5O4. The van der Waals surface area contributed by atoms with E-state index in [0.717, 1.165) is 0 Å². The van der Waals surface area contributed by atoms with Crippen molar-refractivity contribution in [1.82, 2.24) is 15.0 Å². The number of methoxy groups -OCH3 is 2. The summed E-state index contributed by atoms with van der Waals surface area (Å²) in [6.45, 7) is 0.254. The number of rotatable bonds is 7. The predicted molar refractivity (Wildman–Crippen MR) is 87.5 cm³/mol. The molecule has 9 heteroatoms. The minimum absolute atomic E-state index is 0.123. The summed E-state index contributed by atoms with van der Waals surface area (Å²) in [6, 6.07) is 6.58. The van der Waals surface area contributed by atoms with E-state index in [1.165, 1.54) is 7.11 Å². The highest BCUT2D eigenvalue weighted by Crippen LogP contribution is 2.21. The third-order valence-electron chi connectivity index (χ3n) is 2.86. The van der Waals surface area contributed by atoms with Crippen LogP contribution in [-0.2, 0) is 9.47 Å². The second-order valence-electron chi connectivity index (χ2n) is 4.86. The largest absolute Gasteiger partial charge is 0.465 e. The lowest BCUT2D eigenvalue weighted by molar-refractivity contribution is 0.0600. The molecule has 0 saturated carbocycles. The van der Waals surface area contributed by atoms with Crippen LogP contribution in [0.1, 0.15) is 10.4 Å². The molecule has 0 fully saturated rings. The molecule has 0 aliphatic heterocycles. The Hall–Kier alpha value is -2.94. The monoisotopic (exact) mass is 333 g/mol. The predicted octanol–water partition coefficient (Wildman–Crippen LogP) is 1.53. The molecule has 1 N–H and O–H groups in total. The van der Waals surface area contributed by atoms with Gasteiger partial charge in [0, 0.05) is 21.2 Å². The van der Waals surface area contributed by atoms with E-state index in [4.69, 9.17) is 9.47 Å². The maximum Gasteiger partial charge on any atom is 0.337 e. The van der Waals surface area contributed by atoms with Crippen molar-refractivity contribution in [1.29, 1.82) is 0 Å². The Balaban J connectivity index is 2.21. The number of hydrogen-bond acceptors (Lipinski definition) is 9. The molecule has 0 saturated heterocycles. The van der Waals surface area contributed by atoms with E-state index in [-0.39, 0.29) is 12.7 Å². The first-order chi connectivity index (χ1) is 11.5. The molecule has 128 valence electrons. The number of hydrogen-bond donors (Lipinski definition) is 1. The van der Waals surface area contributed by atoms with Gasteiger partial charge in [0.1, 0.15) is 12.5 Å². The van der Waals surface area contributed by atoms with Gasteiger partial charge in [-0.1, -0.05) is 0 Å². The Labute approximate surface area is 139 Å². The van der Waals surface area contributed by atoms with Crippen molar-refractivity contribution in [3.63, 3.8) is 0 Å². The van der Waals surface area contributed by atoms with Crippen LogP contribution in [-0.4, -0.2) is 56.0 Å². The first kappa shape index (κ1) is 17.4. The molecule has 0 atom stereocenters. The fourth-order valence-electron chi connectivity index (χ4n) is 1.69. The average molecular weight is 333 g/mol. The number of nitrogens with zero attached hydrogens (tertiary/aromatic N) is 4. The highest BCUT2D eigenvalue weighted by molar-refractivity contribution is 5.89. The van der Waals surface area contributed by atoms with E-state index in [1.807, 2.05) is 14.1 Å². The van der Waals surface area contributed by atoms with Gasteiger partial charge in [-0.05, 0) is 24.3 Å². The van der Waals surface area contributed by atoms with Crippen molar-refractivity contribution in [2.45, 2.75) is 0 Å². The number of anilines is 2. The molecule has 1 aromatic carbocycles. The van der Waals surface area contributed by atoms with Crippen LogP contribution in [0.25, 0.3) is 0 Å². The van der Waals surface area contributed by atoms with Gasteiger partial charge >= 0.3 is 12.0 Å². The number of aromatic nitrogens is 3. The maximum atomic E-state index is 11.4. The standard InChI is InChI=1S/C15H19N5O4/c1-20(2)14-17-13(16-9-22-3)18-15(19-14)24-11-7-5-10(6-8-11)12(21)23-4/h5-8H,9H2,1-4H3,(H,16,17,18,19). The zero-order chi connectivity index (χ0) is 17.5. The number of ether oxygens (including phenoxy) is 3.